The van der Waals surface area contributed by atoms with Gasteiger partial charge in [-0.3, -0.25) is 0 Å². The molecule has 8 heteroatoms. The van der Waals surface area contributed by atoms with Crippen LogP contribution >= 0.6 is 0 Å². The van der Waals surface area contributed by atoms with Gasteiger partial charge in [-0.25, -0.2) is 0 Å². The van der Waals surface area contributed by atoms with Gasteiger partial charge in [0, 0.05) is 11.1 Å². The predicted molar refractivity (Wildman–Crippen MR) is 203 cm³/mol. The minimum atomic E-state index is -0.676. The van der Waals surface area contributed by atoms with E-state index in [0.717, 1.165) is 49.7 Å². The van der Waals surface area contributed by atoms with Gasteiger partial charge >= 0.3 is 37.7 Å². The van der Waals surface area contributed by atoms with E-state index in [1.807, 2.05) is 12.1 Å². The fourth-order valence-corrected chi connectivity index (χ4v) is 10.7. The number of rotatable bonds is 6. The summed E-state index contributed by atoms with van der Waals surface area (Å²) in [5.41, 5.74) is 4.69. The van der Waals surface area contributed by atoms with Crippen LogP contribution in [0.1, 0.15) is 130 Å². The summed E-state index contributed by atoms with van der Waals surface area (Å²) in [5, 5.41) is 27.0. The van der Waals surface area contributed by atoms with Crippen LogP contribution < -0.4 is 66.9 Å². The van der Waals surface area contributed by atoms with E-state index in [-0.39, 0.29) is 83.1 Å². The van der Waals surface area contributed by atoms with Crippen molar-refractivity contribution < 1.29 is 66.9 Å². The smallest absolute Gasteiger partial charge is 0.851 e. The van der Waals surface area contributed by atoms with Crippen LogP contribution in [0.2, 0.25) is 0 Å². The Morgan fingerprint density at radius 1 is 0.556 bits per heavy atom. The summed E-state index contributed by atoms with van der Waals surface area (Å²) in [5.74, 6) is 2.21. The SMILES string of the molecule is COc1c#cc([C@@H]2[C@H]([O-])[C@@H](C)CC=C3C(C)(C)CCC[C@]32C)cc1OC.COc1c#cc([C@H]2[C@@H]([O-])[C@H](C)CC=C3C(C)(C)CCC[C@@]32C)cc1OC.[Li+].[Li+]. The van der Waals surface area contributed by atoms with Crippen LogP contribution in [-0.2, 0) is 0 Å². The normalized spacial score (nSPS) is 32.1. The van der Waals surface area contributed by atoms with E-state index in [9.17, 15) is 10.2 Å². The standard InChI is InChI=1S/2C23H31O3.2Li/c2*1-15-8-11-19-22(2,3)12-7-13-23(19,4)20(21(15)24)16-9-10-17(25-5)18(14-16)26-6;;/h2*11,14-15,20-21H,7-8,12-13H2,1-6H3;;/q2*-1;2*+1/t2*15-,20+,21+,23+;;/m10../s1. The van der Waals surface area contributed by atoms with E-state index in [1.54, 1.807) is 28.4 Å². The van der Waals surface area contributed by atoms with Gasteiger partial charge < -0.3 is 29.2 Å². The Hall–Kier alpha value is -2.13. The van der Waals surface area contributed by atoms with Crippen molar-refractivity contribution in [3.8, 4) is 23.0 Å². The van der Waals surface area contributed by atoms with Crippen LogP contribution in [-0.4, -0.2) is 40.6 Å². The maximum atomic E-state index is 13.5. The number of methoxy groups -OCH3 is 4. The maximum Gasteiger partial charge on any atom is 1.00 e. The van der Waals surface area contributed by atoms with Crippen molar-refractivity contribution in [3.63, 3.8) is 0 Å². The Balaban J connectivity index is 0.000000280. The summed E-state index contributed by atoms with van der Waals surface area (Å²) in [6.45, 7) is 18.1. The second-order valence-electron chi connectivity index (χ2n) is 17.8. The molecule has 0 heterocycles. The van der Waals surface area contributed by atoms with E-state index in [0.29, 0.717) is 23.0 Å². The molecule has 4 aliphatic rings. The first kappa shape index (κ1) is 46.3. The first-order valence-corrected chi connectivity index (χ1v) is 19.3. The molecule has 8 atom stereocenters. The van der Waals surface area contributed by atoms with Gasteiger partial charge in [0.2, 0.25) is 11.5 Å². The quantitative estimate of drug-likeness (QED) is 0.337. The van der Waals surface area contributed by atoms with Gasteiger partial charge in [0.05, 0.1) is 28.4 Å². The van der Waals surface area contributed by atoms with Crippen molar-refractivity contribution in [3.05, 3.63) is 70.8 Å². The second-order valence-corrected chi connectivity index (χ2v) is 17.8. The zero-order chi connectivity index (χ0) is 38.2. The van der Waals surface area contributed by atoms with Crippen LogP contribution in [0, 0.1) is 57.8 Å². The molecule has 54 heavy (non-hydrogen) atoms. The van der Waals surface area contributed by atoms with Crippen molar-refractivity contribution >= 4 is 0 Å². The topological polar surface area (TPSA) is 83.0 Å². The van der Waals surface area contributed by atoms with Crippen molar-refractivity contribution in [2.24, 2.45) is 33.5 Å². The Kier molecular flexibility index (Phi) is 15.4. The van der Waals surface area contributed by atoms with Gasteiger partial charge in [-0.2, -0.15) is 0 Å². The molecule has 6 nitrogen and oxygen atoms in total. The first-order valence-electron chi connectivity index (χ1n) is 19.3. The third kappa shape index (κ3) is 8.57. The molecule has 2 saturated carbocycles. The molecule has 2 fully saturated rings. The Morgan fingerprint density at radius 3 is 1.22 bits per heavy atom. The third-order valence-corrected chi connectivity index (χ3v) is 13.4. The molecule has 6 rings (SSSR count). The summed E-state index contributed by atoms with van der Waals surface area (Å²) in [7, 11) is 6.43. The minimum absolute atomic E-state index is 0. The van der Waals surface area contributed by atoms with Crippen molar-refractivity contribution in [1.82, 2.24) is 0 Å². The zero-order valence-electron chi connectivity index (χ0n) is 35.9. The summed E-state index contributed by atoms with van der Waals surface area (Å²) in [6.07, 6.45) is 11.9. The molecule has 2 aromatic carbocycles. The van der Waals surface area contributed by atoms with Crippen molar-refractivity contribution in [2.45, 2.75) is 131 Å². The Morgan fingerprint density at radius 2 is 0.907 bits per heavy atom. The molecule has 2 aromatic rings. The molecule has 0 unspecified atom stereocenters. The molecular formula is C46H62Li2O6. The van der Waals surface area contributed by atoms with Crippen LogP contribution in [0.25, 0.3) is 0 Å². The van der Waals surface area contributed by atoms with Gasteiger partial charge in [-0.15, -0.1) is 12.2 Å². The average Bonchev–Trinajstić information content (AvgIpc) is 3.27. The first-order chi connectivity index (χ1) is 24.5. The molecule has 284 valence electrons. The molecular weight excluding hydrogens is 662 g/mol. The van der Waals surface area contributed by atoms with E-state index >= 15 is 0 Å². The fraction of sp³-hybridized carbons (Fsp3) is 0.652. The maximum absolute atomic E-state index is 13.5. The summed E-state index contributed by atoms with van der Waals surface area (Å²) >= 11 is 0. The van der Waals surface area contributed by atoms with Gasteiger partial charge in [0.15, 0.2) is 11.5 Å². The number of hydrogen-bond acceptors (Lipinski definition) is 6. The van der Waals surface area contributed by atoms with E-state index < -0.39 is 12.2 Å². The van der Waals surface area contributed by atoms with Gasteiger partial charge in [0.1, 0.15) is 0 Å². The number of allylic oxidation sites excluding steroid dienone is 4. The molecule has 0 spiro atoms. The van der Waals surface area contributed by atoms with Crippen LogP contribution in [0.15, 0.2) is 35.4 Å². The van der Waals surface area contributed by atoms with E-state index in [4.69, 9.17) is 18.9 Å². The monoisotopic (exact) mass is 724 g/mol. The van der Waals surface area contributed by atoms with Gasteiger partial charge in [-0.1, -0.05) is 115 Å². The number of hydrogen-bond donors (Lipinski definition) is 0. The predicted octanol–water partition coefficient (Wildman–Crippen LogP) is 2.61. The molecule has 0 amide bonds. The molecule has 0 aromatic heterocycles. The molecule has 0 saturated heterocycles. The number of ether oxygens (including phenoxy) is 4. The van der Waals surface area contributed by atoms with Crippen LogP contribution in [0.5, 0.6) is 23.0 Å². The minimum Gasteiger partial charge on any atom is -0.851 e. The Bertz CT molecular complexity index is 1510. The molecule has 4 aliphatic carbocycles. The second kappa shape index (κ2) is 18.0. The van der Waals surface area contributed by atoms with E-state index in [2.05, 4.69) is 91.8 Å². The van der Waals surface area contributed by atoms with Gasteiger partial charge in [0.25, 0.3) is 0 Å². The van der Waals surface area contributed by atoms with Crippen molar-refractivity contribution in [1.29, 1.82) is 0 Å². The molecule has 0 aliphatic heterocycles. The van der Waals surface area contributed by atoms with Crippen LogP contribution in [0.3, 0.4) is 0 Å². The van der Waals surface area contributed by atoms with E-state index in [1.165, 1.54) is 24.0 Å². The largest absolute Gasteiger partial charge is 1.00 e. The number of fused-ring (bicyclic) bond motifs is 2. The summed E-state index contributed by atoms with van der Waals surface area (Å²) in [4.78, 5) is 0. The summed E-state index contributed by atoms with van der Waals surface area (Å²) in [6, 6.07) is 16.5. The Labute approximate surface area is 351 Å². The molecule has 0 bridgehead atoms. The molecule has 0 N–H and O–H groups in total. The van der Waals surface area contributed by atoms with Crippen molar-refractivity contribution in [2.75, 3.05) is 28.4 Å². The van der Waals surface area contributed by atoms with Crippen LogP contribution in [0.4, 0.5) is 0 Å². The zero-order valence-corrected chi connectivity index (χ0v) is 35.9. The average molecular weight is 725 g/mol. The third-order valence-electron chi connectivity index (χ3n) is 13.4. The molecule has 0 radical (unpaired) electrons. The fourth-order valence-electron chi connectivity index (χ4n) is 10.7. The van der Waals surface area contributed by atoms with Gasteiger partial charge in [-0.05, 0) is 96.3 Å². The summed E-state index contributed by atoms with van der Waals surface area (Å²) < 4.78 is 21.6.